The molecule has 3 rings (SSSR count). The fourth-order valence-electron chi connectivity index (χ4n) is 3.43. The van der Waals surface area contributed by atoms with E-state index in [1.807, 2.05) is 0 Å². The van der Waals surface area contributed by atoms with Gasteiger partial charge in [-0.2, -0.15) is 0 Å². The van der Waals surface area contributed by atoms with Crippen molar-refractivity contribution in [3.63, 3.8) is 0 Å². The number of carbonyl (C=O) groups is 1. The number of carbonyl (C=O) groups excluding carboxylic acids is 1. The van der Waals surface area contributed by atoms with Crippen LogP contribution in [-0.2, 0) is 4.79 Å². The molecule has 1 aromatic rings. The van der Waals surface area contributed by atoms with Crippen LogP contribution in [-0.4, -0.2) is 45.6 Å². The van der Waals surface area contributed by atoms with Crippen LogP contribution in [0, 0.1) is 5.92 Å². The molecule has 1 aliphatic heterocycles. The molecule has 1 amide bonds. The fourth-order valence-corrected chi connectivity index (χ4v) is 4.24. The summed E-state index contributed by atoms with van der Waals surface area (Å²) in [6.07, 6.45) is 8.35. The number of hydrogen-bond acceptors (Lipinski definition) is 5. The van der Waals surface area contributed by atoms with Gasteiger partial charge in [0.05, 0.1) is 5.75 Å². The first-order chi connectivity index (χ1) is 12.5. The molecular weight excluding hydrogens is 346 g/mol. The average Bonchev–Trinajstić information content (AvgIpc) is 3.38. The Balaban J connectivity index is 1.54. The Morgan fingerprint density at radius 2 is 1.88 bits per heavy atom. The van der Waals surface area contributed by atoms with Gasteiger partial charge in [0.1, 0.15) is 0 Å². The summed E-state index contributed by atoms with van der Waals surface area (Å²) in [6, 6.07) is 0.758. The maximum absolute atomic E-state index is 12.3. The molecule has 0 aromatic carbocycles. The lowest BCUT2D eigenvalue weighted by Gasteiger charge is -2.27. The first-order valence-electron chi connectivity index (χ1n) is 10.2. The summed E-state index contributed by atoms with van der Waals surface area (Å²) in [6.45, 7) is 8.67. The van der Waals surface area contributed by atoms with Gasteiger partial charge >= 0.3 is 0 Å². The van der Waals surface area contributed by atoms with Crippen LogP contribution < -0.4 is 10.2 Å². The minimum Gasteiger partial charge on any atom is -0.353 e. The van der Waals surface area contributed by atoms with Gasteiger partial charge in [-0.1, -0.05) is 25.6 Å². The Labute approximate surface area is 161 Å². The summed E-state index contributed by atoms with van der Waals surface area (Å²) in [5.74, 6) is 2.20. The normalized spacial score (nSPS) is 19.0. The second kappa shape index (κ2) is 9.11. The molecule has 1 saturated carbocycles. The van der Waals surface area contributed by atoms with Crippen molar-refractivity contribution in [2.24, 2.45) is 5.92 Å². The smallest absolute Gasteiger partial charge is 0.230 e. The average molecular weight is 380 g/mol. The minimum atomic E-state index is 0.0936. The number of amides is 1. The zero-order chi connectivity index (χ0) is 18.5. The number of hydrogen-bond donors (Lipinski definition) is 1. The van der Waals surface area contributed by atoms with Gasteiger partial charge in [-0.3, -0.25) is 9.36 Å². The van der Waals surface area contributed by atoms with Crippen molar-refractivity contribution in [3.8, 4) is 0 Å². The van der Waals surface area contributed by atoms with Crippen molar-refractivity contribution in [2.75, 3.05) is 23.7 Å². The first kappa shape index (κ1) is 19.5. The maximum atomic E-state index is 12.3. The van der Waals surface area contributed by atoms with Crippen LogP contribution in [0.3, 0.4) is 0 Å². The lowest BCUT2D eigenvalue weighted by Crippen LogP contribution is -2.34. The van der Waals surface area contributed by atoms with E-state index in [2.05, 4.69) is 45.8 Å². The van der Waals surface area contributed by atoms with E-state index < -0.39 is 0 Å². The monoisotopic (exact) mass is 379 g/mol. The third-order valence-corrected chi connectivity index (χ3v) is 6.06. The highest BCUT2D eigenvalue weighted by Gasteiger charge is 2.32. The third kappa shape index (κ3) is 5.38. The number of rotatable bonds is 9. The van der Waals surface area contributed by atoms with E-state index in [9.17, 15) is 4.79 Å². The molecular formula is C19H33N5OS. The van der Waals surface area contributed by atoms with Gasteiger partial charge in [0.15, 0.2) is 5.16 Å². The van der Waals surface area contributed by atoms with Crippen LogP contribution in [0.2, 0.25) is 0 Å². The van der Waals surface area contributed by atoms with Crippen molar-refractivity contribution in [1.82, 2.24) is 20.1 Å². The molecule has 0 radical (unpaired) electrons. The molecule has 1 atom stereocenters. The van der Waals surface area contributed by atoms with E-state index in [1.54, 1.807) is 0 Å². The van der Waals surface area contributed by atoms with E-state index in [1.165, 1.54) is 43.9 Å². The zero-order valence-electron chi connectivity index (χ0n) is 16.4. The van der Waals surface area contributed by atoms with Crippen LogP contribution in [0.25, 0.3) is 0 Å². The van der Waals surface area contributed by atoms with Crippen molar-refractivity contribution in [3.05, 3.63) is 0 Å². The maximum Gasteiger partial charge on any atom is 0.230 e. The first-order valence-corrected chi connectivity index (χ1v) is 11.1. The Kier molecular flexibility index (Phi) is 6.84. The third-order valence-electron chi connectivity index (χ3n) is 5.11. The number of aromatic nitrogens is 3. The largest absolute Gasteiger partial charge is 0.353 e. The van der Waals surface area contributed by atoms with Gasteiger partial charge in [-0.25, -0.2) is 0 Å². The number of thioether (sulfide) groups is 1. The molecule has 1 aliphatic carbocycles. The van der Waals surface area contributed by atoms with Crippen molar-refractivity contribution in [2.45, 2.75) is 83.0 Å². The highest BCUT2D eigenvalue weighted by molar-refractivity contribution is 7.99. The minimum absolute atomic E-state index is 0.0936. The van der Waals surface area contributed by atoms with Gasteiger partial charge < -0.3 is 10.2 Å². The number of anilines is 1. The van der Waals surface area contributed by atoms with Crippen LogP contribution in [0.5, 0.6) is 0 Å². The van der Waals surface area contributed by atoms with E-state index in [0.717, 1.165) is 37.0 Å². The van der Waals surface area contributed by atoms with Gasteiger partial charge in [0.25, 0.3) is 0 Å². The Morgan fingerprint density at radius 3 is 2.54 bits per heavy atom. The van der Waals surface area contributed by atoms with E-state index in [4.69, 9.17) is 0 Å². The Hall–Kier alpha value is -1.24. The van der Waals surface area contributed by atoms with Crippen LogP contribution in [0.1, 0.15) is 71.8 Å². The van der Waals surface area contributed by atoms with Crippen LogP contribution in [0.4, 0.5) is 5.95 Å². The molecule has 1 unspecified atom stereocenters. The van der Waals surface area contributed by atoms with Gasteiger partial charge in [-0.05, 0) is 57.8 Å². The zero-order valence-corrected chi connectivity index (χ0v) is 17.2. The van der Waals surface area contributed by atoms with Crippen molar-refractivity contribution in [1.29, 1.82) is 0 Å². The van der Waals surface area contributed by atoms with Gasteiger partial charge in [-0.15, -0.1) is 10.2 Å². The van der Waals surface area contributed by atoms with Crippen molar-refractivity contribution >= 4 is 23.6 Å². The number of piperidine rings is 1. The van der Waals surface area contributed by atoms with Crippen LogP contribution >= 0.6 is 11.8 Å². The highest BCUT2D eigenvalue weighted by Crippen LogP contribution is 2.41. The predicted molar refractivity (Wildman–Crippen MR) is 107 cm³/mol. The summed E-state index contributed by atoms with van der Waals surface area (Å²) in [4.78, 5) is 14.6. The van der Waals surface area contributed by atoms with Gasteiger partial charge in [0, 0.05) is 25.2 Å². The SMILES string of the molecule is CC(C)CCC(C)NC(=O)CSc1nnc(N2CCCCC2)n1C1CC1. The summed E-state index contributed by atoms with van der Waals surface area (Å²) < 4.78 is 2.28. The Morgan fingerprint density at radius 1 is 1.15 bits per heavy atom. The standard InChI is InChI=1S/C19H33N5OS/c1-14(2)7-8-15(3)20-17(25)13-26-19-22-21-18(24(19)16-9-10-16)23-11-5-4-6-12-23/h14-16H,4-13H2,1-3H3,(H,20,25). The van der Waals surface area contributed by atoms with Crippen molar-refractivity contribution < 1.29 is 4.79 Å². The molecule has 1 aromatic heterocycles. The number of nitrogens with one attached hydrogen (secondary N) is 1. The van der Waals surface area contributed by atoms with E-state index >= 15 is 0 Å². The van der Waals surface area contributed by atoms with Crippen LogP contribution in [0.15, 0.2) is 5.16 Å². The van der Waals surface area contributed by atoms with E-state index in [-0.39, 0.29) is 11.9 Å². The van der Waals surface area contributed by atoms with E-state index in [0.29, 0.717) is 17.7 Å². The Bertz CT molecular complexity index is 593. The molecule has 1 N–H and O–H groups in total. The highest BCUT2D eigenvalue weighted by atomic mass is 32.2. The lowest BCUT2D eigenvalue weighted by atomic mass is 10.0. The lowest BCUT2D eigenvalue weighted by molar-refractivity contribution is -0.119. The molecule has 7 heteroatoms. The summed E-state index contributed by atoms with van der Waals surface area (Å²) in [5.41, 5.74) is 0. The molecule has 2 fully saturated rings. The molecule has 26 heavy (non-hydrogen) atoms. The molecule has 146 valence electrons. The molecule has 6 nitrogen and oxygen atoms in total. The summed E-state index contributed by atoms with van der Waals surface area (Å²) >= 11 is 1.53. The predicted octanol–water partition coefficient (Wildman–Crippen LogP) is 3.64. The fraction of sp³-hybridized carbons (Fsp3) is 0.842. The molecule has 0 bridgehead atoms. The van der Waals surface area contributed by atoms with Gasteiger partial charge in [0.2, 0.25) is 11.9 Å². The molecule has 0 spiro atoms. The summed E-state index contributed by atoms with van der Waals surface area (Å²) in [7, 11) is 0. The summed E-state index contributed by atoms with van der Waals surface area (Å²) in [5, 5.41) is 12.9. The quantitative estimate of drug-likeness (QED) is 0.664. The topological polar surface area (TPSA) is 63.1 Å². The molecule has 1 saturated heterocycles. The molecule has 2 heterocycles. The second-order valence-electron chi connectivity index (χ2n) is 8.16. The second-order valence-corrected chi connectivity index (χ2v) is 9.10. The number of nitrogens with zero attached hydrogens (tertiary/aromatic N) is 4. The molecule has 2 aliphatic rings.